The Balaban J connectivity index is 2.15. The van der Waals surface area contributed by atoms with Crippen molar-refractivity contribution in [3.8, 4) is 0 Å². The van der Waals surface area contributed by atoms with E-state index >= 15 is 0 Å². The smallest absolute Gasteiger partial charge is 0.315 e. The third kappa shape index (κ3) is 2.31. The molecule has 1 aliphatic rings. The van der Waals surface area contributed by atoms with Crippen LogP contribution in [0.2, 0.25) is 0 Å². The Hall–Kier alpha value is -1.03. The van der Waals surface area contributed by atoms with E-state index in [1.807, 2.05) is 0 Å². The van der Waals surface area contributed by atoms with Gasteiger partial charge in [0.25, 0.3) is 0 Å². The van der Waals surface area contributed by atoms with Gasteiger partial charge in [-0.05, 0) is 36.3 Å². The molecule has 2 amide bonds. The number of urea groups is 1. The zero-order valence-electron chi connectivity index (χ0n) is 8.88. The van der Waals surface area contributed by atoms with Crippen molar-refractivity contribution in [1.29, 1.82) is 0 Å². The van der Waals surface area contributed by atoms with Gasteiger partial charge < -0.3 is 10.6 Å². The fraction of sp³-hybridized carbons (Fsp3) is 0.545. The molecule has 0 spiro atoms. The molecule has 0 bridgehead atoms. The Morgan fingerprint density at radius 1 is 1.53 bits per heavy atom. The molecule has 2 N–H and O–H groups in total. The number of hydrogen-bond donors (Lipinski definition) is 2. The van der Waals surface area contributed by atoms with Crippen molar-refractivity contribution in [3.63, 3.8) is 0 Å². The number of rotatable bonds is 1. The van der Waals surface area contributed by atoms with Crippen LogP contribution in [0.3, 0.4) is 0 Å². The molecule has 1 atom stereocenters. The minimum Gasteiger partial charge on any atom is -0.341 e. The highest BCUT2D eigenvalue weighted by Crippen LogP contribution is 2.31. The molecule has 1 heterocycles. The fourth-order valence-corrected chi connectivity index (χ4v) is 3.02. The molecule has 0 saturated heterocycles. The van der Waals surface area contributed by atoms with Gasteiger partial charge in [0, 0.05) is 11.9 Å². The highest BCUT2D eigenvalue weighted by atomic mass is 32.1. The van der Waals surface area contributed by atoms with Gasteiger partial charge in [0.15, 0.2) is 0 Å². The first-order valence-electron chi connectivity index (χ1n) is 5.36. The summed E-state index contributed by atoms with van der Waals surface area (Å²) in [6, 6.07) is 2.26. The average Bonchev–Trinajstić information content (AvgIpc) is 2.63. The second-order valence-corrected chi connectivity index (χ2v) is 4.82. The molecule has 0 unspecified atom stereocenters. The third-order valence-corrected chi connectivity index (χ3v) is 3.83. The first-order chi connectivity index (χ1) is 7.31. The van der Waals surface area contributed by atoms with Crippen molar-refractivity contribution in [1.82, 2.24) is 10.6 Å². The highest BCUT2D eigenvalue weighted by Gasteiger charge is 2.20. The standard InChI is InChI=1S/C11H16N2OS/c1-12-11(14)13-9-4-2-3-5-10-8(9)6-7-15-10/h6-7,9H,2-5H2,1H3,(H2,12,13,14)/t9-/m1/s1. The summed E-state index contributed by atoms with van der Waals surface area (Å²) in [5.74, 6) is 0. The normalized spacial score (nSPS) is 20.2. The molecule has 2 rings (SSSR count). The maximum absolute atomic E-state index is 11.3. The Morgan fingerprint density at radius 2 is 2.40 bits per heavy atom. The molecular weight excluding hydrogens is 208 g/mol. The Morgan fingerprint density at radius 3 is 3.20 bits per heavy atom. The molecule has 0 aliphatic heterocycles. The number of carbonyl (C=O) groups excluding carboxylic acids is 1. The summed E-state index contributed by atoms with van der Waals surface area (Å²) in [7, 11) is 1.65. The van der Waals surface area contributed by atoms with Crippen molar-refractivity contribution < 1.29 is 4.79 Å². The van der Waals surface area contributed by atoms with Crippen molar-refractivity contribution >= 4 is 17.4 Å². The van der Waals surface area contributed by atoms with Gasteiger partial charge >= 0.3 is 6.03 Å². The minimum atomic E-state index is -0.0842. The van der Waals surface area contributed by atoms with Crippen LogP contribution in [0.1, 0.15) is 35.7 Å². The van der Waals surface area contributed by atoms with E-state index in [-0.39, 0.29) is 12.1 Å². The molecule has 15 heavy (non-hydrogen) atoms. The molecule has 3 nitrogen and oxygen atoms in total. The van der Waals surface area contributed by atoms with E-state index in [1.165, 1.54) is 29.7 Å². The second kappa shape index (κ2) is 4.66. The molecule has 1 aliphatic carbocycles. The molecule has 4 heteroatoms. The van der Waals surface area contributed by atoms with E-state index in [9.17, 15) is 4.79 Å². The summed E-state index contributed by atoms with van der Waals surface area (Å²) in [6.45, 7) is 0. The molecule has 82 valence electrons. The molecule has 0 fully saturated rings. The average molecular weight is 224 g/mol. The van der Waals surface area contributed by atoms with Gasteiger partial charge in [-0.3, -0.25) is 0 Å². The van der Waals surface area contributed by atoms with Gasteiger partial charge in [-0.2, -0.15) is 0 Å². The Labute approximate surface area is 93.9 Å². The number of amides is 2. The summed E-state index contributed by atoms with van der Waals surface area (Å²) in [4.78, 5) is 12.7. The topological polar surface area (TPSA) is 41.1 Å². The van der Waals surface area contributed by atoms with Gasteiger partial charge in [-0.1, -0.05) is 6.42 Å². The van der Waals surface area contributed by atoms with Gasteiger partial charge in [0.1, 0.15) is 0 Å². The van der Waals surface area contributed by atoms with E-state index in [2.05, 4.69) is 22.1 Å². The van der Waals surface area contributed by atoms with Crippen LogP contribution in [-0.4, -0.2) is 13.1 Å². The van der Waals surface area contributed by atoms with E-state index in [1.54, 1.807) is 18.4 Å². The highest BCUT2D eigenvalue weighted by molar-refractivity contribution is 7.10. The number of carbonyl (C=O) groups is 1. The summed E-state index contributed by atoms with van der Waals surface area (Å²) in [5.41, 5.74) is 1.32. The van der Waals surface area contributed by atoms with Crippen LogP contribution in [0.15, 0.2) is 11.4 Å². The van der Waals surface area contributed by atoms with Crippen LogP contribution >= 0.6 is 11.3 Å². The number of aryl methyl sites for hydroxylation is 1. The summed E-state index contributed by atoms with van der Waals surface area (Å²) >= 11 is 1.81. The summed E-state index contributed by atoms with van der Waals surface area (Å²) < 4.78 is 0. The zero-order chi connectivity index (χ0) is 10.7. The summed E-state index contributed by atoms with van der Waals surface area (Å²) in [5, 5.41) is 7.74. The largest absolute Gasteiger partial charge is 0.341 e. The van der Waals surface area contributed by atoms with Crippen molar-refractivity contribution in [2.24, 2.45) is 0 Å². The first kappa shape index (κ1) is 10.5. The lowest BCUT2D eigenvalue weighted by molar-refractivity contribution is 0.238. The third-order valence-electron chi connectivity index (χ3n) is 2.83. The van der Waals surface area contributed by atoms with Crippen LogP contribution in [-0.2, 0) is 6.42 Å². The van der Waals surface area contributed by atoms with Crippen LogP contribution < -0.4 is 10.6 Å². The SMILES string of the molecule is CNC(=O)N[C@@H]1CCCCc2sccc21. The lowest BCUT2D eigenvalue weighted by Crippen LogP contribution is -2.35. The number of hydrogen-bond acceptors (Lipinski definition) is 2. The molecular formula is C11H16N2OS. The van der Waals surface area contributed by atoms with Crippen LogP contribution in [0.5, 0.6) is 0 Å². The number of fused-ring (bicyclic) bond motifs is 1. The number of thiophene rings is 1. The van der Waals surface area contributed by atoms with Crippen molar-refractivity contribution in [2.45, 2.75) is 31.7 Å². The fourth-order valence-electron chi connectivity index (χ4n) is 2.03. The molecule has 0 aromatic carbocycles. The van der Waals surface area contributed by atoms with E-state index < -0.39 is 0 Å². The predicted molar refractivity (Wildman–Crippen MR) is 62.2 cm³/mol. The quantitative estimate of drug-likeness (QED) is 0.707. The van der Waals surface area contributed by atoms with Crippen molar-refractivity contribution in [2.75, 3.05) is 7.05 Å². The Bertz CT molecular complexity index is 348. The zero-order valence-corrected chi connectivity index (χ0v) is 9.69. The van der Waals surface area contributed by atoms with Gasteiger partial charge in [0.2, 0.25) is 0 Å². The lowest BCUT2D eigenvalue weighted by atomic mass is 10.1. The molecule has 1 aromatic rings. The van der Waals surface area contributed by atoms with Crippen LogP contribution in [0.25, 0.3) is 0 Å². The van der Waals surface area contributed by atoms with E-state index in [4.69, 9.17) is 0 Å². The first-order valence-corrected chi connectivity index (χ1v) is 6.23. The van der Waals surface area contributed by atoms with E-state index in [0.717, 1.165) is 6.42 Å². The minimum absolute atomic E-state index is 0.0842. The number of nitrogens with one attached hydrogen (secondary N) is 2. The molecule has 0 radical (unpaired) electrons. The maximum Gasteiger partial charge on any atom is 0.315 e. The predicted octanol–water partition coefficient (Wildman–Crippen LogP) is 2.44. The van der Waals surface area contributed by atoms with Crippen LogP contribution in [0, 0.1) is 0 Å². The van der Waals surface area contributed by atoms with Crippen molar-refractivity contribution in [3.05, 3.63) is 21.9 Å². The van der Waals surface area contributed by atoms with Crippen LogP contribution in [0.4, 0.5) is 4.79 Å². The van der Waals surface area contributed by atoms with E-state index in [0.29, 0.717) is 0 Å². The molecule has 1 aromatic heterocycles. The molecule has 0 saturated carbocycles. The second-order valence-electron chi connectivity index (χ2n) is 3.82. The maximum atomic E-state index is 11.3. The van der Waals surface area contributed by atoms with Gasteiger partial charge in [-0.25, -0.2) is 4.79 Å². The summed E-state index contributed by atoms with van der Waals surface area (Å²) in [6.07, 6.45) is 4.64. The Kier molecular flexibility index (Phi) is 3.26. The van der Waals surface area contributed by atoms with Gasteiger partial charge in [0.05, 0.1) is 6.04 Å². The lowest BCUT2D eigenvalue weighted by Gasteiger charge is -2.16. The van der Waals surface area contributed by atoms with Gasteiger partial charge in [-0.15, -0.1) is 11.3 Å². The monoisotopic (exact) mass is 224 g/mol.